The Bertz CT molecular complexity index is 443. The predicted octanol–water partition coefficient (Wildman–Crippen LogP) is 2.92. The molecule has 0 aliphatic heterocycles. The molecule has 0 saturated heterocycles. The van der Waals surface area contributed by atoms with Crippen LogP contribution in [0.5, 0.6) is 0 Å². The molecule has 0 spiro atoms. The lowest BCUT2D eigenvalue weighted by atomic mass is 9.79. The Labute approximate surface area is 85.0 Å². The second-order valence-corrected chi connectivity index (χ2v) is 3.65. The molecule has 0 nitrogen and oxygen atoms in total. The summed E-state index contributed by atoms with van der Waals surface area (Å²) in [6.45, 7) is 0. The van der Waals surface area contributed by atoms with Crippen molar-refractivity contribution >= 4 is 7.85 Å². The highest BCUT2D eigenvalue weighted by Gasteiger charge is 2.23. The fraction of sp³-hybridized carbons (Fsp3) is 0.0769. The average Bonchev–Trinajstić information content (AvgIpc) is 2.55. The maximum absolute atomic E-state index is 6.16. The van der Waals surface area contributed by atoms with Gasteiger partial charge < -0.3 is 0 Å². The van der Waals surface area contributed by atoms with Gasteiger partial charge in [-0.05, 0) is 28.1 Å². The zero-order chi connectivity index (χ0) is 9.54. The van der Waals surface area contributed by atoms with Crippen molar-refractivity contribution in [1.29, 1.82) is 0 Å². The fourth-order valence-corrected chi connectivity index (χ4v) is 2.19. The Morgan fingerprint density at radius 3 is 1.64 bits per heavy atom. The van der Waals surface area contributed by atoms with Gasteiger partial charge in [-0.1, -0.05) is 48.5 Å². The molecule has 1 aliphatic rings. The lowest BCUT2D eigenvalue weighted by molar-refractivity contribution is 1.20. The Morgan fingerprint density at radius 1 is 0.714 bits per heavy atom. The molecule has 0 saturated carbocycles. The first-order valence-corrected chi connectivity index (χ1v) is 4.82. The van der Waals surface area contributed by atoms with Crippen molar-refractivity contribution in [1.82, 2.24) is 0 Å². The van der Waals surface area contributed by atoms with Gasteiger partial charge in [0.1, 0.15) is 0 Å². The summed E-state index contributed by atoms with van der Waals surface area (Å²) in [4.78, 5) is 0. The van der Waals surface area contributed by atoms with Crippen LogP contribution in [0.3, 0.4) is 0 Å². The summed E-state index contributed by atoms with van der Waals surface area (Å²) >= 11 is 0. The molecule has 2 radical (unpaired) electrons. The summed E-state index contributed by atoms with van der Waals surface area (Å²) in [7, 11) is 6.16. The second kappa shape index (κ2) is 2.75. The normalized spacial score (nSPS) is 13.7. The summed E-state index contributed by atoms with van der Waals surface area (Å²) in [6, 6.07) is 16.7. The topological polar surface area (TPSA) is 0 Å². The van der Waals surface area contributed by atoms with Crippen molar-refractivity contribution < 1.29 is 0 Å². The van der Waals surface area contributed by atoms with Gasteiger partial charge in [0.2, 0.25) is 0 Å². The van der Waals surface area contributed by atoms with Crippen molar-refractivity contribution in [2.45, 2.75) is 5.82 Å². The van der Waals surface area contributed by atoms with Crippen LogP contribution in [0.2, 0.25) is 0 Å². The molecule has 0 bridgehead atoms. The third-order valence-electron chi connectivity index (χ3n) is 2.88. The Balaban J connectivity index is 2.36. The highest BCUT2D eigenvalue weighted by atomic mass is 14.2. The lowest BCUT2D eigenvalue weighted by Crippen LogP contribution is -1.93. The molecule has 2 aromatic carbocycles. The van der Waals surface area contributed by atoms with Gasteiger partial charge in [0.15, 0.2) is 0 Å². The molecule has 1 heteroatoms. The molecule has 0 amide bonds. The fourth-order valence-electron chi connectivity index (χ4n) is 2.19. The van der Waals surface area contributed by atoms with Crippen molar-refractivity contribution in [3.63, 3.8) is 0 Å². The quantitative estimate of drug-likeness (QED) is 0.541. The summed E-state index contributed by atoms with van der Waals surface area (Å²) in [5, 5.41) is 0. The molecule has 2 aromatic rings. The summed E-state index contributed by atoms with van der Waals surface area (Å²) in [5.41, 5.74) is 5.06. The monoisotopic (exact) mass is 176 g/mol. The van der Waals surface area contributed by atoms with Crippen LogP contribution < -0.4 is 0 Å². The highest BCUT2D eigenvalue weighted by molar-refractivity contribution is 6.17. The minimum Gasteiger partial charge on any atom is -0.0620 e. The summed E-state index contributed by atoms with van der Waals surface area (Å²) in [5.74, 6) is 0.0578. The number of benzene rings is 2. The lowest BCUT2D eigenvalue weighted by Gasteiger charge is -2.04. The van der Waals surface area contributed by atoms with E-state index in [0.29, 0.717) is 0 Å². The third-order valence-corrected chi connectivity index (χ3v) is 2.88. The van der Waals surface area contributed by atoms with Crippen LogP contribution in [0.25, 0.3) is 11.1 Å². The SMILES string of the molecule is [B]C1c2ccccc2-c2ccccc21. The van der Waals surface area contributed by atoms with E-state index in [1.165, 1.54) is 22.3 Å². The summed E-state index contributed by atoms with van der Waals surface area (Å²) in [6.07, 6.45) is 0. The van der Waals surface area contributed by atoms with E-state index in [9.17, 15) is 0 Å². The molecule has 14 heavy (non-hydrogen) atoms. The Morgan fingerprint density at radius 2 is 1.14 bits per heavy atom. The van der Waals surface area contributed by atoms with Gasteiger partial charge in [0, 0.05) is 0 Å². The smallest absolute Gasteiger partial charge is 0.0620 e. The molecule has 0 aromatic heterocycles. The number of fused-ring (bicyclic) bond motifs is 3. The van der Waals surface area contributed by atoms with Gasteiger partial charge in [-0.2, -0.15) is 0 Å². The molecule has 3 rings (SSSR count). The van der Waals surface area contributed by atoms with Crippen LogP contribution in [0.4, 0.5) is 0 Å². The summed E-state index contributed by atoms with van der Waals surface area (Å²) < 4.78 is 0. The van der Waals surface area contributed by atoms with Crippen LogP contribution >= 0.6 is 0 Å². The van der Waals surface area contributed by atoms with Gasteiger partial charge in [-0.3, -0.25) is 0 Å². The van der Waals surface area contributed by atoms with Crippen molar-refractivity contribution in [2.24, 2.45) is 0 Å². The molecule has 0 fully saturated rings. The van der Waals surface area contributed by atoms with Gasteiger partial charge in [-0.15, -0.1) is 0 Å². The van der Waals surface area contributed by atoms with Gasteiger partial charge >= 0.3 is 0 Å². The van der Waals surface area contributed by atoms with Crippen LogP contribution in [0.1, 0.15) is 16.9 Å². The van der Waals surface area contributed by atoms with E-state index in [1.807, 2.05) is 12.1 Å². The Kier molecular flexibility index (Phi) is 1.54. The van der Waals surface area contributed by atoms with Crippen molar-refractivity contribution in [2.75, 3.05) is 0 Å². The zero-order valence-electron chi connectivity index (χ0n) is 7.77. The van der Waals surface area contributed by atoms with Crippen LogP contribution in [-0.4, -0.2) is 7.85 Å². The van der Waals surface area contributed by atoms with Gasteiger partial charge in [0.25, 0.3) is 0 Å². The number of rotatable bonds is 0. The Hall–Kier alpha value is -1.50. The molecule has 64 valence electrons. The van der Waals surface area contributed by atoms with E-state index < -0.39 is 0 Å². The maximum Gasteiger partial charge on any atom is 0.0828 e. The zero-order valence-corrected chi connectivity index (χ0v) is 7.77. The minimum absolute atomic E-state index is 0.0578. The van der Waals surface area contributed by atoms with Crippen LogP contribution in [0.15, 0.2) is 48.5 Å². The first-order valence-electron chi connectivity index (χ1n) is 4.82. The molecule has 0 heterocycles. The molecular formula is C13H9B. The molecule has 0 atom stereocenters. The van der Waals surface area contributed by atoms with E-state index >= 15 is 0 Å². The van der Waals surface area contributed by atoms with Crippen molar-refractivity contribution in [3.05, 3.63) is 59.7 Å². The van der Waals surface area contributed by atoms with E-state index in [-0.39, 0.29) is 5.82 Å². The first-order chi connectivity index (χ1) is 6.88. The van der Waals surface area contributed by atoms with E-state index in [0.717, 1.165) is 0 Å². The van der Waals surface area contributed by atoms with Gasteiger partial charge in [0.05, 0.1) is 7.85 Å². The average molecular weight is 176 g/mol. The van der Waals surface area contributed by atoms with E-state index in [2.05, 4.69) is 36.4 Å². The molecule has 0 unspecified atom stereocenters. The maximum atomic E-state index is 6.16. The van der Waals surface area contributed by atoms with Gasteiger partial charge in [-0.25, -0.2) is 0 Å². The molecule has 1 aliphatic carbocycles. The third kappa shape index (κ3) is 0.898. The first kappa shape index (κ1) is 7.87. The van der Waals surface area contributed by atoms with Crippen LogP contribution in [0, 0.1) is 0 Å². The van der Waals surface area contributed by atoms with Crippen LogP contribution in [-0.2, 0) is 0 Å². The molecule has 0 N–H and O–H groups in total. The second-order valence-electron chi connectivity index (χ2n) is 3.65. The predicted molar refractivity (Wildman–Crippen MR) is 59.5 cm³/mol. The highest BCUT2D eigenvalue weighted by Crippen LogP contribution is 2.42. The number of hydrogen-bond acceptors (Lipinski definition) is 0. The largest absolute Gasteiger partial charge is 0.0828 e. The van der Waals surface area contributed by atoms with Crippen molar-refractivity contribution in [3.8, 4) is 11.1 Å². The van der Waals surface area contributed by atoms with E-state index in [4.69, 9.17) is 7.85 Å². The molecular weight excluding hydrogens is 167 g/mol. The minimum atomic E-state index is 0.0578. The standard InChI is InChI=1S/C13H9B/c14-13-11-7-3-1-5-9(11)10-6-2-4-8-12(10)13/h1-8,13H. The van der Waals surface area contributed by atoms with E-state index in [1.54, 1.807) is 0 Å². The number of hydrogen-bond donors (Lipinski definition) is 0.